The van der Waals surface area contributed by atoms with Gasteiger partial charge in [-0.15, -0.1) is 23.5 Å². The summed E-state index contributed by atoms with van der Waals surface area (Å²) < 4.78 is 5.19. The van der Waals surface area contributed by atoms with Gasteiger partial charge in [-0.3, -0.25) is 9.59 Å². The molecular formula is C25H40N2O5S2. The van der Waals surface area contributed by atoms with E-state index in [1.807, 2.05) is 41.7 Å². The van der Waals surface area contributed by atoms with Crippen LogP contribution < -0.4 is 15.4 Å². The Bertz CT molecular complexity index is 785. The summed E-state index contributed by atoms with van der Waals surface area (Å²) in [6.07, 6.45) is 5.91. The molecule has 2 rings (SSSR count). The second kappa shape index (κ2) is 14.9. The van der Waals surface area contributed by atoms with Crippen molar-refractivity contribution in [2.24, 2.45) is 0 Å². The molecule has 34 heavy (non-hydrogen) atoms. The Hall–Kier alpha value is -1.42. The van der Waals surface area contributed by atoms with Gasteiger partial charge < -0.3 is 25.6 Å². The van der Waals surface area contributed by atoms with Gasteiger partial charge in [0.25, 0.3) is 0 Å². The van der Waals surface area contributed by atoms with Crippen LogP contribution in [0.15, 0.2) is 18.2 Å². The minimum absolute atomic E-state index is 0.108. The molecule has 0 radical (unpaired) electrons. The molecule has 0 saturated carbocycles. The SMILES string of the molecule is CCCCCC(=O)NC(C)C(=O)Nc1cc(OC)ccc1C1(CCCCC(O)O)SCCCS1. The van der Waals surface area contributed by atoms with Crippen molar-refractivity contribution in [2.75, 3.05) is 23.9 Å². The molecule has 0 spiro atoms. The second-order valence-electron chi connectivity index (χ2n) is 8.68. The first-order chi connectivity index (χ1) is 16.3. The van der Waals surface area contributed by atoms with E-state index < -0.39 is 12.3 Å². The highest BCUT2D eigenvalue weighted by Crippen LogP contribution is 2.55. The third-order valence-electron chi connectivity index (χ3n) is 5.85. The number of ether oxygens (including phenoxy) is 1. The number of anilines is 1. The van der Waals surface area contributed by atoms with Gasteiger partial charge in [0.2, 0.25) is 11.8 Å². The maximum absolute atomic E-state index is 13.0. The molecule has 1 saturated heterocycles. The van der Waals surface area contributed by atoms with Crippen LogP contribution in [0, 0.1) is 0 Å². The van der Waals surface area contributed by atoms with Crippen molar-refractivity contribution in [1.82, 2.24) is 5.32 Å². The van der Waals surface area contributed by atoms with Gasteiger partial charge in [0.1, 0.15) is 11.8 Å². The highest BCUT2D eigenvalue weighted by atomic mass is 32.2. The molecule has 1 aromatic carbocycles. The topological polar surface area (TPSA) is 108 Å². The number of rotatable bonds is 14. The van der Waals surface area contributed by atoms with Crippen LogP contribution in [0.4, 0.5) is 5.69 Å². The Morgan fingerprint density at radius 1 is 1.15 bits per heavy atom. The molecular weight excluding hydrogens is 472 g/mol. The number of amides is 2. The van der Waals surface area contributed by atoms with E-state index in [9.17, 15) is 19.8 Å². The van der Waals surface area contributed by atoms with Crippen molar-refractivity contribution in [3.05, 3.63) is 23.8 Å². The molecule has 4 N–H and O–H groups in total. The molecule has 1 unspecified atom stereocenters. The number of carbonyl (C=O) groups excluding carboxylic acids is 2. The van der Waals surface area contributed by atoms with E-state index in [-0.39, 0.29) is 15.9 Å². The first-order valence-corrected chi connectivity index (χ1v) is 14.2. The number of nitrogens with one attached hydrogen (secondary N) is 2. The average molecular weight is 513 g/mol. The summed E-state index contributed by atoms with van der Waals surface area (Å²) in [5.74, 6) is 2.34. The van der Waals surface area contributed by atoms with E-state index in [1.54, 1.807) is 14.0 Å². The number of unbranched alkanes of at least 4 members (excludes halogenated alkanes) is 3. The lowest BCUT2D eigenvalue weighted by Crippen LogP contribution is -2.41. The number of aliphatic hydroxyl groups excluding tert-OH is 1. The van der Waals surface area contributed by atoms with Crippen molar-refractivity contribution in [3.63, 3.8) is 0 Å². The third-order valence-corrected chi connectivity index (χ3v) is 9.32. The summed E-state index contributed by atoms with van der Waals surface area (Å²) >= 11 is 3.77. The van der Waals surface area contributed by atoms with Crippen molar-refractivity contribution < 1.29 is 24.5 Å². The van der Waals surface area contributed by atoms with E-state index in [1.165, 1.54) is 0 Å². The third kappa shape index (κ3) is 8.98. The van der Waals surface area contributed by atoms with Gasteiger partial charge in [-0.2, -0.15) is 0 Å². The molecule has 1 atom stereocenters. The van der Waals surface area contributed by atoms with Crippen LogP contribution in [0.5, 0.6) is 5.75 Å². The van der Waals surface area contributed by atoms with Gasteiger partial charge >= 0.3 is 0 Å². The minimum atomic E-state index is -1.28. The monoisotopic (exact) mass is 512 g/mol. The lowest BCUT2D eigenvalue weighted by molar-refractivity contribution is -0.126. The smallest absolute Gasteiger partial charge is 0.246 e. The number of benzene rings is 1. The molecule has 1 aliphatic heterocycles. The first-order valence-electron chi connectivity index (χ1n) is 12.2. The summed E-state index contributed by atoms with van der Waals surface area (Å²) in [5, 5.41) is 24.3. The van der Waals surface area contributed by atoms with Crippen molar-refractivity contribution in [3.8, 4) is 5.75 Å². The van der Waals surface area contributed by atoms with E-state index >= 15 is 0 Å². The Morgan fingerprint density at radius 3 is 2.53 bits per heavy atom. The van der Waals surface area contributed by atoms with Crippen molar-refractivity contribution in [2.45, 2.75) is 88.0 Å². The summed E-state index contributed by atoms with van der Waals surface area (Å²) in [4.78, 5) is 25.2. The molecule has 0 bridgehead atoms. The number of aliphatic hydroxyl groups is 2. The summed E-state index contributed by atoms with van der Waals surface area (Å²) in [7, 11) is 1.60. The average Bonchev–Trinajstić information content (AvgIpc) is 2.82. The Morgan fingerprint density at radius 2 is 1.88 bits per heavy atom. The molecule has 1 aromatic rings. The molecule has 1 fully saturated rings. The molecule has 1 aliphatic rings. The zero-order chi connectivity index (χ0) is 25.0. The number of hydrogen-bond acceptors (Lipinski definition) is 7. The van der Waals surface area contributed by atoms with Crippen molar-refractivity contribution in [1.29, 1.82) is 0 Å². The lowest BCUT2D eigenvalue weighted by atomic mass is 10.0. The summed E-state index contributed by atoms with van der Waals surface area (Å²) in [5.41, 5.74) is 1.72. The maximum atomic E-state index is 13.0. The highest BCUT2D eigenvalue weighted by molar-refractivity contribution is 8.18. The van der Waals surface area contributed by atoms with Gasteiger partial charge in [-0.05, 0) is 56.6 Å². The molecule has 1 heterocycles. The van der Waals surface area contributed by atoms with Crippen LogP contribution >= 0.6 is 23.5 Å². The van der Waals surface area contributed by atoms with E-state index in [0.717, 1.165) is 62.0 Å². The van der Waals surface area contributed by atoms with Gasteiger partial charge in [-0.1, -0.05) is 32.3 Å². The van der Waals surface area contributed by atoms with Gasteiger partial charge in [0.05, 0.1) is 11.2 Å². The molecule has 9 heteroatoms. The van der Waals surface area contributed by atoms with E-state index in [2.05, 4.69) is 17.6 Å². The van der Waals surface area contributed by atoms with Crippen LogP contribution in [-0.4, -0.2) is 53.0 Å². The summed E-state index contributed by atoms with van der Waals surface area (Å²) in [6, 6.07) is 5.13. The van der Waals surface area contributed by atoms with Crippen LogP contribution in [0.25, 0.3) is 0 Å². The fraction of sp³-hybridized carbons (Fsp3) is 0.680. The van der Waals surface area contributed by atoms with Crippen LogP contribution in [0.2, 0.25) is 0 Å². The fourth-order valence-corrected chi connectivity index (χ4v) is 7.43. The number of hydrogen-bond donors (Lipinski definition) is 4. The number of methoxy groups -OCH3 is 1. The first kappa shape index (κ1) is 28.8. The Labute approximate surface area is 212 Å². The molecule has 0 aliphatic carbocycles. The van der Waals surface area contributed by atoms with E-state index in [4.69, 9.17) is 4.74 Å². The zero-order valence-electron chi connectivity index (χ0n) is 20.6. The normalized spacial score (nSPS) is 16.2. The summed E-state index contributed by atoms with van der Waals surface area (Å²) in [6.45, 7) is 3.79. The number of thioether (sulfide) groups is 2. The van der Waals surface area contributed by atoms with Gasteiger partial charge in [0, 0.05) is 23.7 Å². The second-order valence-corrected chi connectivity index (χ2v) is 11.7. The Kier molecular flexibility index (Phi) is 12.6. The standard InChI is InChI=1S/C25H40N2O5S2/c1-4-5-6-10-22(28)26-18(2)24(31)27-21-17-19(32-3)12-13-20(21)25(33-15-9-16-34-25)14-8-7-11-23(29)30/h12-13,17-18,23,29-30H,4-11,14-16H2,1-3H3,(H,26,28)(H,27,31). The molecule has 7 nitrogen and oxygen atoms in total. The largest absolute Gasteiger partial charge is 0.497 e. The van der Waals surface area contributed by atoms with Crippen LogP contribution in [0.1, 0.15) is 77.2 Å². The van der Waals surface area contributed by atoms with E-state index in [0.29, 0.717) is 24.3 Å². The number of carbonyl (C=O) groups is 2. The lowest BCUT2D eigenvalue weighted by Gasteiger charge is -2.38. The maximum Gasteiger partial charge on any atom is 0.246 e. The van der Waals surface area contributed by atoms with Crippen LogP contribution in [-0.2, 0) is 13.7 Å². The highest BCUT2D eigenvalue weighted by Gasteiger charge is 2.37. The molecule has 2 amide bonds. The van der Waals surface area contributed by atoms with Crippen LogP contribution in [0.3, 0.4) is 0 Å². The Balaban J connectivity index is 2.19. The minimum Gasteiger partial charge on any atom is -0.497 e. The van der Waals surface area contributed by atoms with Crippen molar-refractivity contribution >= 4 is 41.0 Å². The molecule has 192 valence electrons. The predicted octanol–water partition coefficient (Wildman–Crippen LogP) is 4.61. The predicted molar refractivity (Wildman–Crippen MR) is 141 cm³/mol. The van der Waals surface area contributed by atoms with Gasteiger partial charge in [0.15, 0.2) is 6.29 Å². The quantitative estimate of drug-likeness (QED) is 0.213. The molecule has 0 aromatic heterocycles. The fourth-order valence-electron chi connectivity index (χ4n) is 3.94. The zero-order valence-corrected chi connectivity index (χ0v) is 22.2. The van der Waals surface area contributed by atoms with Gasteiger partial charge in [-0.25, -0.2) is 0 Å².